The summed E-state index contributed by atoms with van der Waals surface area (Å²) < 4.78 is 1.07. The molecule has 2 N–H and O–H groups in total. The van der Waals surface area contributed by atoms with Crippen molar-refractivity contribution in [3.05, 3.63) is 33.4 Å². The van der Waals surface area contributed by atoms with Gasteiger partial charge in [-0.2, -0.15) is 0 Å². The normalized spacial score (nSPS) is 9.86. The van der Waals surface area contributed by atoms with E-state index in [0.717, 1.165) is 10.1 Å². The fourth-order valence-corrected chi connectivity index (χ4v) is 1.58. The first-order chi connectivity index (χ1) is 6.74. The van der Waals surface area contributed by atoms with Gasteiger partial charge in [0.15, 0.2) is 0 Å². The SMILES string of the molecule is CNCCNC(=O)c1cccc(I)c1. The Morgan fingerprint density at radius 2 is 2.21 bits per heavy atom. The van der Waals surface area contributed by atoms with Crippen LogP contribution in [0.15, 0.2) is 24.3 Å². The topological polar surface area (TPSA) is 41.1 Å². The molecule has 0 aromatic heterocycles. The van der Waals surface area contributed by atoms with E-state index in [0.29, 0.717) is 12.1 Å². The van der Waals surface area contributed by atoms with Gasteiger partial charge in [0, 0.05) is 22.2 Å². The first-order valence-electron chi connectivity index (χ1n) is 4.42. The summed E-state index contributed by atoms with van der Waals surface area (Å²) in [6.45, 7) is 1.44. The van der Waals surface area contributed by atoms with Crippen molar-refractivity contribution in [3.8, 4) is 0 Å². The highest BCUT2D eigenvalue weighted by atomic mass is 127. The Hall–Kier alpha value is -0.620. The van der Waals surface area contributed by atoms with Crippen LogP contribution in [0.1, 0.15) is 10.4 Å². The highest BCUT2D eigenvalue weighted by molar-refractivity contribution is 14.1. The van der Waals surface area contributed by atoms with Crippen molar-refractivity contribution in [3.63, 3.8) is 0 Å². The van der Waals surface area contributed by atoms with E-state index < -0.39 is 0 Å². The van der Waals surface area contributed by atoms with Gasteiger partial charge in [-0.3, -0.25) is 4.79 Å². The third-order valence-electron chi connectivity index (χ3n) is 1.75. The van der Waals surface area contributed by atoms with Crippen molar-refractivity contribution in [1.29, 1.82) is 0 Å². The monoisotopic (exact) mass is 304 g/mol. The Balaban J connectivity index is 2.52. The number of carbonyl (C=O) groups excluding carboxylic acids is 1. The maximum absolute atomic E-state index is 11.5. The van der Waals surface area contributed by atoms with Gasteiger partial charge in [-0.1, -0.05) is 6.07 Å². The van der Waals surface area contributed by atoms with Gasteiger partial charge in [-0.05, 0) is 47.8 Å². The molecule has 0 heterocycles. The molecule has 0 saturated carbocycles. The van der Waals surface area contributed by atoms with Crippen LogP contribution in [0.2, 0.25) is 0 Å². The molecule has 0 fully saturated rings. The molecule has 1 aromatic carbocycles. The number of benzene rings is 1. The molecule has 3 nitrogen and oxygen atoms in total. The summed E-state index contributed by atoms with van der Waals surface area (Å²) in [6.07, 6.45) is 0. The Bertz CT molecular complexity index is 315. The Labute approximate surface area is 97.4 Å². The second-order valence-electron chi connectivity index (χ2n) is 2.87. The molecule has 0 atom stereocenters. The molecule has 0 unspecified atom stereocenters. The number of likely N-dealkylation sites (N-methyl/N-ethyl adjacent to an activating group) is 1. The highest BCUT2D eigenvalue weighted by Gasteiger charge is 2.03. The molecule has 4 heteroatoms. The first-order valence-corrected chi connectivity index (χ1v) is 5.50. The van der Waals surface area contributed by atoms with Crippen LogP contribution in [0.5, 0.6) is 0 Å². The van der Waals surface area contributed by atoms with Crippen LogP contribution in [0, 0.1) is 3.57 Å². The van der Waals surface area contributed by atoms with Gasteiger partial charge in [-0.15, -0.1) is 0 Å². The molecule has 1 rings (SSSR count). The summed E-state index contributed by atoms with van der Waals surface area (Å²) in [4.78, 5) is 11.5. The van der Waals surface area contributed by atoms with E-state index in [2.05, 4.69) is 33.2 Å². The molecule has 76 valence electrons. The van der Waals surface area contributed by atoms with E-state index in [1.165, 1.54) is 0 Å². The third-order valence-corrected chi connectivity index (χ3v) is 2.42. The van der Waals surface area contributed by atoms with E-state index >= 15 is 0 Å². The van der Waals surface area contributed by atoms with Crippen molar-refractivity contribution in [2.45, 2.75) is 0 Å². The van der Waals surface area contributed by atoms with Gasteiger partial charge >= 0.3 is 0 Å². The average Bonchev–Trinajstić information content (AvgIpc) is 2.18. The average molecular weight is 304 g/mol. The molecule has 0 saturated heterocycles. The fraction of sp³-hybridized carbons (Fsp3) is 0.300. The van der Waals surface area contributed by atoms with Gasteiger partial charge in [-0.25, -0.2) is 0 Å². The lowest BCUT2D eigenvalue weighted by atomic mass is 10.2. The lowest BCUT2D eigenvalue weighted by molar-refractivity contribution is 0.0954. The van der Waals surface area contributed by atoms with E-state index in [1.807, 2.05) is 31.3 Å². The lowest BCUT2D eigenvalue weighted by Crippen LogP contribution is -2.30. The third kappa shape index (κ3) is 3.63. The number of nitrogens with one attached hydrogen (secondary N) is 2. The predicted octanol–water partition coefficient (Wildman–Crippen LogP) is 1.24. The Morgan fingerprint density at radius 1 is 1.43 bits per heavy atom. The van der Waals surface area contributed by atoms with Gasteiger partial charge in [0.2, 0.25) is 0 Å². The number of hydrogen-bond acceptors (Lipinski definition) is 2. The standard InChI is InChI=1S/C10H13IN2O/c1-12-5-6-13-10(14)8-3-2-4-9(11)7-8/h2-4,7,12H,5-6H2,1H3,(H,13,14). The molecule has 0 aliphatic rings. The Morgan fingerprint density at radius 3 is 2.86 bits per heavy atom. The molecule has 0 spiro atoms. The van der Waals surface area contributed by atoms with E-state index in [1.54, 1.807) is 0 Å². The summed E-state index contributed by atoms with van der Waals surface area (Å²) in [7, 11) is 1.86. The number of amides is 1. The minimum atomic E-state index is -0.0150. The number of hydrogen-bond donors (Lipinski definition) is 2. The smallest absolute Gasteiger partial charge is 0.251 e. The summed E-state index contributed by atoms with van der Waals surface area (Å²) >= 11 is 2.19. The van der Waals surface area contributed by atoms with Crippen LogP contribution < -0.4 is 10.6 Å². The summed E-state index contributed by atoms with van der Waals surface area (Å²) in [5.41, 5.74) is 0.716. The van der Waals surface area contributed by atoms with E-state index in [4.69, 9.17) is 0 Å². The molecular formula is C10H13IN2O. The minimum Gasteiger partial charge on any atom is -0.351 e. The Kier molecular flexibility index (Phi) is 4.89. The van der Waals surface area contributed by atoms with E-state index in [-0.39, 0.29) is 5.91 Å². The van der Waals surface area contributed by atoms with Crippen molar-refractivity contribution >= 4 is 28.5 Å². The fourth-order valence-electron chi connectivity index (χ4n) is 1.03. The van der Waals surface area contributed by atoms with E-state index in [9.17, 15) is 4.79 Å². The van der Waals surface area contributed by atoms with Crippen LogP contribution in [0.4, 0.5) is 0 Å². The predicted molar refractivity (Wildman–Crippen MR) is 65.4 cm³/mol. The quantitative estimate of drug-likeness (QED) is 0.649. The maximum atomic E-state index is 11.5. The number of rotatable bonds is 4. The number of carbonyl (C=O) groups is 1. The van der Waals surface area contributed by atoms with Crippen molar-refractivity contribution in [1.82, 2.24) is 10.6 Å². The molecule has 0 aliphatic heterocycles. The van der Waals surface area contributed by atoms with Crippen molar-refractivity contribution < 1.29 is 4.79 Å². The highest BCUT2D eigenvalue weighted by Crippen LogP contribution is 2.07. The largest absolute Gasteiger partial charge is 0.351 e. The molecule has 0 radical (unpaired) electrons. The van der Waals surface area contributed by atoms with Gasteiger partial charge in [0.05, 0.1) is 0 Å². The van der Waals surface area contributed by atoms with Gasteiger partial charge in [0.1, 0.15) is 0 Å². The zero-order valence-corrected chi connectivity index (χ0v) is 10.2. The maximum Gasteiger partial charge on any atom is 0.251 e. The van der Waals surface area contributed by atoms with Crippen LogP contribution in [0.25, 0.3) is 0 Å². The zero-order valence-electron chi connectivity index (χ0n) is 8.01. The molecule has 0 bridgehead atoms. The lowest BCUT2D eigenvalue weighted by Gasteiger charge is -2.04. The van der Waals surface area contributed by atoms with Crippen molar-refractivity contribution in [2.24, 2.45) is 0 Å². The zero-order chi connectivity index (χ0) is 10.4. The second-order valence-corrected chi connectivity index (χ2v) is 4.12. The molecule has 14 heavy (non-hydrogen) atoms. The van der Waals surface area contributed by atoms with Crippen LogP contribution in [0.3, 0.4) is 0 Å². The molecule has 1 aromatic rings. The van der Waals surface area contributed by atoms with Gasteiger partial charge < -0.3 is 10.6 Å². The molecular weight excluding hydrogens is 291 g/mol. The summed E-state index contributed by atoms with van der Waals surface area (Å²) in [5, 5.41) is 5.79. The first kappa shape index (κ1) is 11.5. The minimum absolute atomic E-state index is 0.0150. The van der Waals surface area contributed by atoms with Crippen LogP contribution in [-0.2, 0) is 0 Å². The number of halogens is 1. The van der Waals surface area contributed by atoms with Crippen LogP contribution >= 0.6 is 22.6 Å². The van der Waals surface area contributed by atoms with Crippen LogP contribution in [-0.4, -0.2) is 26.0 Å². The molecule has 0 aliphatic carbocycles. The van der Waals surface area contributed by atoms with Crippen molar-refractivity contribution in [2.75, 3.05) is 20.1 Å². The summed E-state index contributed by atoms with van der Waals surface area (Å²) in [5.74, 6) is -0.0150. The second kappa shape index (κ2) is 5.98. The molecule has 1 amide bonds. The van der Waals surface area contributed by atoms with Gasteiger partial charge in [0.25, 0.3) is 5.91 Å². The summed E-state index contributed by atoms with van der Waals surface area (Å²) in [6, 6.07) is 7.53.